The van der Waals surface area contributed by atoms with E-state index in [1.165, 1.54) is 41.1 Å². The van der Waals surface area contributed by atoms with Gasteiger partial charge < -0.3 is 42.5 Å². The molecule has 360 valence electrons. The molecule has 0 fully saturated rings. The van der Waals surface area contributed by atoms with E-state index in [4.69, 9.17) is 34.7 Å². The van der Waals surface area contributed by atoms with Crippen LogP contribution in [0.2, 0.25) is 29.7 Å². The smallest absolute Gasteiger partial charge is 0.327 e. The summed E-state index contributed by atoms with van der Waals surface area (Å²) in [5.74, 6) is -1.30. The number of rotatable bonds is 12. The number of amides is 8. The van der Waals surface area contributed by atoms with Crippen molar-refractivity contribution in [1.29, 1.82) is 0 Å². The van der Waals surface area contributed by atoms with Crippen LogP contribution in [0.4, 0.5) is 25.8 Å². The van der Waals surface area contributed by atoms with Gasteiger partial charge in [0.2, 0.25) is 26.6 Å². The third-order valence-electron chi connectivity index (χ3n) is 8.82. The Morgan fingerprint density at radius 2 is 1.04 bits per heavy atom. The Labute approximate surface area is 419 Å². The van der Waals surface area contributed by atoms with Gasteiger partial charge in [-0.15, -0.1) is 38.0 Å². The average Bonchev–Trinajstić information content (AvgIpc) is 3.80. The molecular weight excluding hydrogens is 1080 g/mol. The van der Waals surface area contributed by atoms with Crippen LogP contribution in [0.5, 0.6) is 0 Å². The lowest BCUT2D eigenvalue weighted by molar-refractivity contribution is -0.120. The number of primary amides is 2. The van der Waals surface area contributed by atoms with Gasteiger partial charge in [0, 0.05) is 56.5 Å². The molecule has 0 aliphatic carbocycles. The highest BCUT2D eigenvalue weighted by Gasteiger charge is 2.37. The number of carbonyl (C=O) groups is 5. The maximum Gasteiger partial charge on any atom is 0.327 e. The SMILES string of the molecule is CP(=O)(O)C(C(=O)N/C=C/c1ccccc1NC(=O)NC(N)=O)c1csc2ccc(Cl)cc12.CP(=O)(O)C(C(=O)N/C=C/c1ccccc1NC(N)=O)c1csc2ccc(Cl)cc12.C[Si](C)(C)Br. The summed E-state index contributed by atoms with van der Waals surface area (Å²) in [6.07, 6.45) is 5.71. The Balaban J connectivity index is 0.000000271. The van der Waals surface area contributed by atoms with Gasteiger partial charge in [0.25, 0.3) is 0 Å². The van der Waals surface area contributed by atoms with Crippen molar-refractivity contribution < 1.29 is 42.9 Å². The number of nitrogens with two attached hydrogens (primary N) is 2. The van der Waals surface area contributed by atoms with E-state index in [0.717, 1.165) is 22.7 Å². The lowest BCUT2D eigenvalue weighted by Gasteiger charge is -2.18. The fourth-order valence-electron chi connectivity index (χ4n) is 6.19. The zero-order valence-corrected chi connectivity index (χ0v) is 44.5. The van der Waals surface area contributed by atoms with Gasteiger partial charge in [-0.25, -0.2) is 14.4 Å². The van der Waals surface area contributed by atoms with Crippen LogP contribution in [0.15, 0.2) is 108 Å². The molecule has 6 aromatic rings. The van der Waals surface area contributed by atoms with Crippen LogP contribution < -0.4 is 38.1 Å². The number of fused-ring (bicyclic) bond motifs is 2. The summed E-state index contributed by atoms with van der Waals surface area (Å²) in [4.78, 5) is 80.1. The van der Waals surface area contributed by atoms with Crippen LogP contribution in [0.1, 0.15) is 33.6 Å². The topological polar surface area (TPSA) is 272 Å². The van der Waals surface area contributed by atoms with E-state index in [-0.39, 0.29) is 0 Å². The molecule has 0 aliphatic heterocycles. The van der Waals surface area contributed by atoms with Gasteiger partial charge in [-0.1, -0.05) is 79.2 Å². The molecule has 4 atom stereocenters. The Morgan fingerprint density at radius 1 is 0.662 bits per heavy atom. The molecule has 68 heavy (non-hydrogen) atoms. The second-order valence-electron chi connectivity index (χ2n) is 15.7. The largest absolute Gasteiger partial charge is 0.351 e. The highest BCUT2D eigenvalue weighted by atomic mass is 79.9. The molecule has 0 aliphatic rings. The maximum absolute atomic E-state index is 12.9. The number of imide groups is 1. The van der Waals surface area contributed by atoms with Crippen LogP contribution in [0, 0.1) is 0 Å². The van der Waals surface area contributed by atoms with E-state index in [0.29, 0.717) is 54.4 Å². The number of nitrogens with one attached hydrogen (secondary N) is 5. The number of benzene rings is 4. The molecule has 0 saturated carbocycles. The number of urea groups is 3. The Morgan fingerprint density at radius 3 is 1.41 bits per heavy atom. The van der Waals surface area contributed by atoms with Crippen molar-refractivity contribution in [2.24, 2.45) is 11.5 Å². The molecule has 0 saturated heterocycles. The van der Waals surface area contributed by atoms with Crippen molar-refractivity contribution in [3.63, 3.8) is 0 Å². The molecule has 6 rings (SSSR count). The predicted molar refractivity (Wildman–Crippen MR) is 285 cm³/mol. The summed E-state index contributed by atoms with van der Waals surface area (Å²) in [5.41, 5.74) is 10.3. The Kier molecular flexibility index (Phi) is 19.9. The van der Waals surface area contributed by atoms with Gasteiger partial charge in [0.15, 0.2) is 0 Å². The monoisotopic (exact) mass is 1120 g/mol. The van der Waals surface area contributed by atoms with E-state index in [2.05, 4.69) is 56.2 Å². The quantitative estimate of drug-likeness (QED) is 0.0320. The molecule has 0 spiro atoms. The van der Waals surface area contributed by atoms with E-state index in [9.17, 15) is 42.9 Å². The summed E-state index contributed by atoms with van der Waals surface area (Å²) < 4.78 is 26.9. The number of carbonyl (C=O) groups excluding carboxylic acids is 5. The second kappa shape index (κ2) is 24.4. The molecule has 4 unspecified atom stereocenters. The maximum atomic E-state index is 12.9. The summed E-state index contributed by atoms with van der Waals surface area (Å²) in [6.45, 7) is 8.21. The van der Waals surface area contributed by atoms with E-state index in [1.54, 1.807) is 102 Å². The highest BCUT2D eigenvalue weighted by Crippen LogP contribution is 2.56. The zero-order chi connectivity index (χ0) is 50.6. The first-order valence-electron chi connectivity index (χ1n) is 19.9. The average molecular weight is 1120 g/mol. The molecule has 0 radical (unpaired) electrons. The summed E-state index contributed by atoms with van der Waals surface area (Å²) in [6, 6.07) is 21.3. The molecule has 24 heteroatoms. The van der Waals surface area contributed by atoms with Gasteiger partial charge in [-0.2, -0.15) is 0 Å². The van der Waals surface area contributed by atoms with Crippen molar-refractivity contribution in [3.8, 4) is 0 Å². The van der Waals surface area contributed by atoms with Crippen LogP contribution in [-0.2, 0) is 18.7 Å². The van der Waals surface area contributed by atoms with Crippen molar-refractivity contribution in [2.45, 2.75) is 31.0 Å². The normalized spacial score (nSPS) is 14.0. The molecule has 16 nitrogen and oxygen atoms in total. The Hall–Kier alpha value is -5.11. The second-order valence-corrected chi connectivity index (χ2v) is 34.5. The van der Waals surface area contributed by atoms with Crippen LogP contribution in [-0.4, -0.2) is 59.7 Å². The first-order valence-corrected chi connectivity index (χ1v) is 32.5. The molecular formula is C44H48BrCl2N7O9P2S2Si. The summed E-state index contributed by atoms with van der Waals surface area (Å²) in [7, 11) is -7.72. The Bertz CT molecular complexity index is 2990. The lowest BCUT2D eigenvalue weighted by atomic mass is 10.1. The van der Waals surface area contributed by atoms with Crippen LogP contribution in [0.25, 0.3) is 32.3 Å². The van der Waals surface area contributed by atoms with Crippen molar-refractivity contribution in [2.75, 3.05) is 24.0 Å². The van der Waals surface area contributed by atoms with Crippen LogP contribution >= 0.6 is 75.9 Å². The lowest BCUT2D eigenvalue weighted by Crippen LogP contribution is -2.38. The fraction of sp³-hybridized carbons (Fsp3) is 0.159. The summed E-state index contributed by atoms with van der Waals surface area (Å²) >= 11 is 18.4. The van der Waals surface area contributed by atoms with Crippen molar-refractivity contribution in [1.82, 2.24) is 16.0 Å². The number of hydrogen-bond acceptors (Lipinski definition) is 9. The standard InChI is InChI=1S/C21H20ClN4O5PS.C20H19ClN3O4PS.C3H9BrSi/c1-32(30,31)18(15-11-33-17-7-6-13(22)10-14(15)17)19(27)24-9-8-12-4-2-3-5-16(12)25-21(29)26-20(23)28;1-29(27,28)18(15-11-30-17-7-6-13(21)10-14(15)17)19(25)23-9-8-12-4-2-3-5-16(12)24-20(22)26;1-5(2,3)4/h2-11,18H,1H3,(H,24,27)(H,30,31)(H4,23,25,26,28,29);2-11,18H,1H3,(H,23,25)(H,27,28)(H3,22,24,26);1-3H3/b2*9-8+;. The number of thiophene rings is 2. The minimum Gasteiger partial charge on any atom is -0.351 e. The van der Waals surface area contributed by atoms with Gasteiger partial charge in [0.05, 0.1) is 0 Å². The van der Waals surface area contributed by atoms with Gasteiger partial charge in [-0.05, 0) is 104 Å². The first kappa shape index (κ1) is 55.5. The van der Waals surface area contributed by atoms with E-state index in [1.807, 2.05) is 5.32 Å². The van der Waals surface area contributed by atoms with Crippen molar-refractivity contribution >= 4 is 156 Å². The summed E-state index contributed by atoms with van der Waals surface area (Å²) in [5, 5.41) is 17.6. The van der Waals surface area contributed by atoms with Gasteiger partial charge >= 0.3 is 18.1 Å². The van der Waals surface area contributed by atoms with Crippen molar-refractivity contribution in [3.05, 3.63) is 140 Å². The van der Waals surface area contributed by atoms with Crippen LogP contribution in [0.3, 0.4) is 0 Å². The molecule has 2 aromatic heterocycles. The van der Waals surface area contributed by atoms with E-state index < -0.39 is 62.7 Å². The fourth-order valence-corrected chi connectivity index (χ4v) is 11.2. The highest BCUT2D eigenvalue weighted by molar-refractivity contribution is 9.26. The molecule has 11 N–H and O–H groups in total. The third kappa shape index (κ3) is 17.1. The minimum absolute atomic E-state index is 0.347. The predicted octanol–water partition coefficient (Wildman–Crippen LogP) is 11.5. The number of para-hydroxylation sites is 2. The molecule has 4 aromatic carbocycles. The first-order chi connectivity index (χ1) is 31.7. The molecule has 8 amide bonds. The zero-order valence-electron chi connectivity index (χ0n) is 37.0. The van der Waals surface area contributed by atoms with E-state index >= 15 is 0 Å². The van der Waals surface area contributed by atoms with Gasteiger partial charge in [-0.3, -0.25) is 24.0 Å². The number of halogens is 3. The molecule has 2 heterocycles. The number of hydrogen-bond donors (Lipinski definition) is 9. The number of anilines is 2. The third-order valence-corrected chi connectivity index (χ3v) is 14.2. The van der Waals surface area contributed by atoms with Gasteiger partial charge in [0.1, 0.15) is 18.0 Å². The minimum atomic E-state index is -3.89. The molecule has 0 bridgehead atoms.